The van der Waals surface area contributed by atoms with Gasteiger partial charge in [-0.05, 0) is 42.0 Å². The van der Waals surface area contributed by atoms with Crippen LogP contribution in [0.4, 0.5) is 18.9 Å². The van der Waals surface area contributed by atoms with E-state index in [-0.39, 0.29) is 10.0 Å². The zero-order valence-electron chi connectivity index (χ0n) is 14.5. The third-order valence-corrected chi connectivity index (χ3v) is 5.67. The van der Waals surface area contributed by atoms with Crippen molar-refractivity contribution in [2.75, 3.05) is 11.9 Å². The number of carbonyl (C=O) groups is 2. The van der Waals surface area contributed by atoms with E-state index in [0.29, 0.717) is 4.91 Å². The number of halogens is 4. The lowest BCUT2D eigenvalue weighted by atomic mass is 10.2. The Bertz CT molecular complexity index is 1020. The van der Waals surface area contributed by atoms with Crippen molar-refractivity contribution in [2.24, 2.45) is 0 Å². The molecule has 0 aliphatic carbocycles. The van der Waals surface area contributed by atoms with E-state index in [1.807, 2.05) is 24.3 Å². The maximum atomic E-state index is 12.8. The first-order valence-corrected chi connectivity index (χ1v) is 10.1. The van der Waals surface area contributed by atoms with Crippen LogP contribution in [0.25, 0.3) is 6.08 Å². The third kappa shape index (κ3) is 5.46. The number of carbonyl (C=O) groups excluding carboxylic acids is 2. The molecule has 0 bridgehead atoms. The quantitative estimate of drug-likeness (QED) is 0.456. The maximum absolute atomic E-state index is 12.8. The Morgan fingerprint density at radius 2 is 1.93 bits per heavy atom. The standard InChI is InChI=1S/C19H12BrF3N2O2S2/c20-13-5-1-3-11(7-13)8-15-17(27)25(18(28)29-15)10-16(26)24-14-6-2-4-12(9-14)19(21,22)23/h1-9H,10H2,(H,24,26)/b15-8+. The summed E-state index contributed by atoms with van der Waals surface area (Å²) in [5.74, 6) is -1.08. The molecular weight excluding hydrogens is 489 g/mol. The third-order valence-electron chi connectivity index (χ3n) is 3.80. The Labute approximate surface area is 182 Å². The van der Waals surface area contributed by atoms with Gasteiger partial charge >= 0.3 is 6.18 Å². The molecule has 10 heteroatoms. The summed E-state index contributed by atoms with van der Waals surface area (Å²) in [7, 11) is 0. The number of thioether (sulfide) groups is 1. The van der Waals surface area contributed by atoms with E-state index in [1.54, 1.807) is 6.08 Å². The average Bonchev–Trinajstić information content (AvgIpc) is 2.89. The van der Waals surface area contributed by atoms with Gasteiger partial charge < -0.3 is 5.32 Å². The van der Waals surface area contributed by atoms with E-state index >= 15 is 0 Å². The lowest BCUT2D eigenvalue weighted by Gasteiger charge is -2.15. The van der Waals surface area contributed by atoms with Crippen LogP contribution in [0.5, 0.6) is 0 Å². The molecule has 0 unspecified atom stereocenters. The number of rotatable bonds is 4. The highest BCUT2D eigenvalue weighted by atomic mass is 79.9. The summed E-state index contributed by atoms with van der Waals surface area (Å²) in [5.41, 5.74) is -0.105. The highest BCUT2D eigenvalue weighted by Gasteiger charge is 2.34. The molecule has 1 N–H and O–H groups in total. The van der Waals surface area contributed by atoms with Crippen LogP contribution < -0.4 is 5.32 Å². The fraction of sp³-hybridized carbons (Fsp3) is 0.105. The van der Waals surface area contributed by atoms with Gasteiger partial charge in [0.2, 0.25) is 5.91 Å². The minimum atomic E-state index is -4.52. The summed E-state index contributed by atoms with van der Waals surface area (Å²) in [6.45, 7) is -0.392. The largest absolute Gasteiger partial charge is 0.416 e. The minimum Gasteiger partial charge on any atom is -0.325 e. The molecule has 4 nitrogen and oxygen atoms in total. The van der Waals surface area contributed by atoms with Crippen molar-refractivity contribution in [1.29, 1.82) is 0 Å². The Kier molecular flexibility index (Phi) is 6.45. The van der Waals surface area contributed by atoms with Gasteiger partial charge in [-0.3, -0.25) is 14.5 Å². The molecule has 0 saturated carbocycles. The van der Waals surface area contributed by atoms with Crippen LogP contribution in [0.2, 0.25) is 0 Å². The van der Waals surface area contributed by atoms with Crippen LogP contribution in [0, 0.1) is 0 Å². The van der Waals surface area contributed by atoms with Crippen LogP contribution >= 0.6 is 39.9 Å². The van der Waals surface area contributed by atoms with Gasteiger partial charge in [0.15, 0.2) is 0 Å². The number of hydrogen-bond donors (Lipinski definition) is 1. The molecule has 29 heavy (non-hydrogen) atoms. The number of thiocarbonyl (C=S) groups is 1. The Balaban J connectivity index is 1.69. The second-order valence-electron chi connectivity index (χ2n) is 5.95. The topological polar surface area (TPSA) is 49.4 Å². The summed E-state index contributed by atoms with van der Waals surface area (Å²) < 4.78 is 39.4. The van der Waals surface area contributed by atoms with E-state index < -0.39 is 30.1 Å². The number of nitrogens with zero attached hydrogens (tertiary/aromatic N) is 1. The van der Waals surface area contributed by atoms with Gasteiger partial charge in [0.1, 0.15) is 10.9 Å². The van der Waals surface area contributed by atoms with Gasteiger partial charge in [0, 0.05) is 10.2 Å². The number of anilines is 1. The Hall–Kier alpha value is -2.17. The highest BCUT2D eigenvalue weighted by molar-refractivity contribution is 9.10. The van der Waals surface area contributed by atoms with Gasteiger partial charge in [-0.1, -0.05) is 58.1 Å². The lowest BCUT2D eigenvalue weighted by molar-refractivity contribution is -0.137. The molecule has 0 radical (unpaired) electrons. The second kappa shape index (κ2) is 8.68. The van der Waals surface area contributed by atoms with Crippen molar-refractivity contribution >= 4 is 67.8 Å². The van der Waals surface area contributed by atoms with Gasteiger partial charge in [0.25, 0.3) is 5.91 Å². The second-order valence-corrected chi connectivity index (χ2v) is 8.54. The summed E-state index contributed by atoms with van der Waals surface area (Å²) in [5, 5.41) is 2.37. The number of alkyl halides is 3. The first-order chi connectivity index (χ1) is 13.6. The average molecular weight is 501 g/mol. The van der Waals surface area contributed by atoms with Crippen molar-refractivity contribution < 1.29 is 22.8 Å². The normalized spacial score (nSPS) is 15.9. The number of amides is 2. The van der Waals surface area contributed by atoms with E-state index in [1.165, 1.54) is 12.1 Å². The highest BCUT2D eigenvalue weighted by Crippen LogP contribution is 2.33. The molecule has 1 heterocycles. The fourth-order valence-corrected chi connectivity index (χ4v) is 4.17. The summed E-state index contributed by atoms with van der Waals surface area (Å²) in [4.78, 5) is 26.3. The van der Waals surface area contributed by atoms with Crippen LogP contribution in [-0.4, -0.2) is 27.6 Å². The van der Waals surface area contributed by atoms with E-state index in [2.05, 4.69) is 21.2 Å². The van der Waals surface area contributed by atoms with Gasteiger partial charge in [-0.15, -0.1) is 0 Å². The molecule has 1 aliphatic rings. The molecule has 3 rings (SSSR count). The molecule has 0 spiro atoms. The van der Waals surface area contributed by atoms with Crippen molar-refractivity contribution in [1.82, 2.24) is 4.90 Å². The van der Waals surface area contributed by atoms with Gasteiger partial charge in [-0.25, -0.2) is 0 Å². The van der Waals surface area contributed by atoms with Crippen LogP contribution in [-0.2, 0) is 15.8 Å². The molecule has 2 aromatic carbocycles. The summed E-state index contributed by atoms with van der Waals surface area (Å²) >= 11 is 9.59. The van der Waals surface area contributed by atoms with E-state index in [4.69, 9.17) is 12.2 Å². The van der Waals surface area contributed by atoms with Crippen LogP contribution in [0.3, 0.4) is 0 Å². The molecule has 1 saturated heterocycles. The SMILES string of the molecule is O=C(CN1C(=O)/C(=C\c2cccc(Br)c2)SC1=S)Nc1cccc(C(F)(F)F)c1. The summed E-state index contributed by atoms with van der Waals surface area (Å²) in [6, 6.07) is 11.6. The molecule has 150 valence electrons. The van der Waals surface area contributed by atoms with Crippen LogP contribution in [0.15, 0.2) is 57.9 Å². The van der Waals surface area contributed by atoms with Crippen LogP contribution in [0.1, 0.15) is 11.1 Å². The van der Waals surface area contributed by atoms with Crippen molar-refractivity contribution in [3.63, 3.8) is 0 Å². The van der Waals surface area contributed by atoms with Crippen molar-refractivity contribution in [3.05, 3.63) is 69.0 Å². The van der Waals surface area contributed by atoms with Crippen molar-refractivity contribution in [2.45, 2.75) is 6.18 Å². The molecule has 0 aromatic heterocycles. The Morgan fingerprint density at radius 1 is 1.21 bits per heavy atom. The minimum absolute atomic E-state index is 0.0139. The predicted molar refractivity (Wildman–Crippen MR) is 114 cm³/mol. The molecule has 2 aromatic rings. The molecule has 0 atom stereocenters. The smallest absolute Gasteiger partial charge is 0.325 e. The van der Waals surface area contributed by atoms with E-state index in [0.717, 1.165) is 38.8 Å². The monoisotopic (exact) mass is 500 g/mol. The van der Waals surface area contributed by atoms with Gasteiger partial charge in [-0.2, -0.15) is 13.2 Å². The molecule has 1 fully saturated rings. The molecule has 2 amide bonds. The number of hydrogen-bond acceptors (Lipinski definition) is 4. The first kappa shape index (κ1) is 21.5. The van der Waals surface area contributed by atoms with Gasteiger partial charge in [0.05, 0.1) is 10.5 Å². The summed E-state index contributed by atoms with van der Waals surface area (Å²) in [6.07, 6.45) is -2.86. The van der Waals surface area contributed by atoms with E-state index in [9.17, 15) is 22.8 Å². The zero-order chi connectivity index (χ0) is 21.2. The van der Waals surface area contributed by atoms with Crippen molar-refractivity contribution in [3.8, 4) is 0 Å². The fourth-order valence-electron chi connectivity index (χ4n) is 2.50. The number of nitrogens with one attached hydrogen (secondary N) is 1. The molecule has 1 aliphatic heterocycles. The number of benzene rings is 2. The Morgan fingerprint density at radius 3 is 2.62 bits per heavy atom. The lowest BCUT2D eigenvalue weighted by Crippen LogP contribution is -2.36. The zero-order valence-corrected chi connectivity index (χ0v) is 17.7. The maximum Gasteiger partial charge on any atom is 0.416 e. The first-order valence-electron chi connectivity index (χ1n) is 8.11. The molecular formula is C19H12BrF3N2O2S2. The predicted octanol–water partition coefficient (Wildman–Crippen LogP) is 5.31.